The number of hydrogen-bond donors (Lipinski definition) is 1. The van der Waals surface area contributed by atoms with Crippen LogP contribution in [0.3, 0.4) is 0 Å². The summed E-state index contributed by atoms with van der Waals surface area (Å²) in [7, 11) is 0. The number of aliphatic hydroxyl groups excluding tert-OH is 1. The number of rotatable bonds is 6. The molecule has 178 valence electrons. The number of benzene rings is 2. The molecule has 0 saturated carbocycles. The molecule has 2 bridgehead atoms. The summed E-state index contributed by atoms with van der Waals surface area (Å²) in [6.07, 6.45) is 0.592. The van der Waals surface area contributed by atoms with Crippen LogP contribution in [0.5, 0.6) is 0 Å². The molecule has 4 rings (SSSR count). The van der Waals surface area contributed by atoms with Gasteiger partial charge >= 0.3 is 6.09 Å². The molecule has 2 aromatic carbocycles. The Morgan fingerprint density at radius 1 is 1.21 bits per heavy atom. The molecule has 2 saturated heterocycles. The smallest absolute Gasteiger partial charge is 0.412 e. The number of carbonyl (C=O) groups is 1. The molecule has 5 nitrogen and oxygen atoms in total. The van der Waals surface area contributed by atoms with E-state index < -0.39 is 35.3 Å². The lowest BCUT2D eigenvalue weighted by molar-refractivity contribution is -0.176. The van der Waals surface area contributed by atoms with Crippen LogP contribution >= 0.6 is 11.6 Å². The summed E-state index contributed by atoms with van der Waals surface area (Å²) in [6.45, 7) is 6.11. The van der Waals surface area contributed by atoms with Crippen LogP contribution in [0.4, 0.5) is 9.18 Å². The molecule has 0 aromatic heterocycles. The van der Waals surface area contributed by atoms with Gasteiger partial charge in [-0.25, -0.2) is 9.18 Å². The number of halogens is 2. The third-order valence-corrected chi connectivity index (χ3v) is 7.02. The fourth-order valence-corrected chi connectivity index (χ4v) is 5.18. The number of amides is 1. The topological polar surface area (TPSA) is 59.0 Å². The highest BCUT2D eigenvalue weighted by molar-refractivity contribution is 6.30. The zero-order valence-corrected chi connectivity index (χ0v) is 20.0. The van der Waals surface area contributed by atoms with Crippen molar-refractivity contribution in [3.8, 4) is 0 Å². The molecule has 2 aliphatic rings. The molecule has 1 unspecified atom stereocenters. The lowest BCUT2D eigenvalue weighted by Gasteiger charge is -2.40. The summed E-state index contributed by atoms with van der Waals surface area (Å²) in [5, 5.41) is 11.9. The van der Waals surface area contributed by atoms with Crippen LogP contribution in [0.1, 0.15) is 63.7 Å². The van der Waals surface area contributed by atoms with Gasteiger partial charge in [-0.15, -0.1) is 0 Å². The van der Waals surface area contributed by atoms with E-state index in [0.717, 1.165) is 18.4 Å². The van der Waals surface area contributed by atoms with Crippen LogP contribution in [0.2, 0.25) is 5.02 Å². The quantitative estimate of drug-likeness (QED) is 0.503. The van der Waals surface area contributed by atoms with Gasteiger partial charge in [0, 0.05) is 16.5 Å². The van der Waals surface area contributed by atoms with Crippen LogP contribution in [0, 0.1) is 11.2 Å². The minimum Gasteiger partial charge on any atom is -0.419 e. The Morgan fingerprint density at radius 3 is 2.48 bits per heavy atom. The molecule has 0 aliphatic carbocycles. The average molecular weight is 476 g/mol. The predicted octanol–water partition coefficient (Wildman–Crippen LogP) is 6.24. The molecule has 33 heavy (non-hydrogen) atoms. The third kappa shape index (κ3) is 4.88. The van der Waals surface area contributed by atoms with E-state index in [1.807, 2.05) is 32.9 Å². The zero-order chi connectivity index (χ0) is 23.8. The highest BCUT2D eigenvalue weighted by Crippen LogP contribution is 2.53. The van der Waals surface area contributed by atoms with E-state index in [2.05, 4.69) is 0 Å². The number of fused-ring (bicyclic) bond motifs is 2. The Hall–Kier alpha value is -2.15. The van der Waals surface area contributed by atoms with Gasteiger partial charge in [0.2, 0.25) is 6.29 Å². The summed E-state index contributed by atoms with van der Waals surface area (Å²) in [6, 6.07) is 13.3. The molecule has 7 heteroatoms. The number of nitrogens with zero attached hydrogens (tertiary/aromatic N) is 1. The molecular weight excluding hydrogens is 445 g/mol. The Labute approximate surface area is 199 Å². The Kier molecular flexibility index (Phi) is 6.72. The van der Waals surface area contributed by atoms with Gasteiger partial charge < -0.3 is 14.6 Å². The largest absolute Gasteiger partial charge is 0.419 e. The van der Waals surface area contributed by atoms with Crippen LogP contribution < -0.4 is 0 Å². The van der Waals surface area contributed by atoms with Gasteiger partial charge in [0.25, 0.3) is 0 Å². The summed E-state index contributed by atoms with van der Waals surface area (Å²) in [4.78, 5) is 15.1. The minimum absolute atomic E-state index is 0.00223. The first-order valence-corrected chi connectivity index (χ1v) is 11.8. The summed E-state index contributed by atoms with van der Waals surface area (Å²) in [5.74, 6) is -0.409. The van der Waals surface area contributed by atoms with Crippen LogP contribution in [-0.4, -0.2) is 34.0 Å². The SMILES string of the molecule is CC(C)(C)C(OCc1ccc(Cl)cc1)OC(=O)N1C2CCC1([C@@H](O)c1cccc(F)c1)CC2. The van der Waals surface area contributed by atoms with E-state index in [4.69, 9.17) is 21.1 Å². The fraction of sp³-hybridized carbons (Fsp3) is 0.500. The first-order chi connectivity index (χ1) is 15.6. The Bertz CT molecular complexity index is 983. The van der Waals surface area contributed by atoms with E-state index in [0.29, 0.717) is 23.4 Å². The predicted molar refractivity (Wildman–Crippen MR) is 124 cm³/mol. The van der Waals surface area contributed by atoms with E-state index in [1.165, 1.54) is 12.1 Å². The number of carbonyl (C=O) groups excluding carboxylic acids is 1. The number of aliphatic hydroxyl groups is 1. The third-order valence-electron chi connectivity index (χ3n) is 6.77. The molecule has 0 spiro atoms. The zero-order valence-electron chi connectivity index (χ0n) is 19.3. The van der Waals surface area contributed by atoms with Crippen molar-refractivity contribution in [1.82, 2.24) is 4.90 Å². The van der Waals surface area contributed by atoms with Gasteiger partial charge in [-0.2, -0.15) is 0 Å². The summed E-state index contributed by atoms with van der Waals surface area (Å²) >= 11 is 5.96. The molecule has 2 atom stereocenters. The summed E-state index contributed by atoms with van der Waals surface area (Å²) in [5.41, 5.74) is 0.134. The number of hydrogen-bond acceptors (Lipinski definition) is 4. The maximum atomic E-state index is 13.8. The normalized spacial score (nSPS) is 24.1. The van der Waals surface area contributed by atoms with Crippen molar-refractivity contribution in [1.29, 1.82) is 0 Å². The van der Waals surface area contributed by atoms with Gasteiger partial charge in [-0.1, -0.05) is 56.6 Å². The first-order valence-electron chi connectivity index (χ1n) is 11.4. The minimum atomic E-state index is -0.990. The molecule has 2 aliphatic heterocycles. The van der Waals surface area contributed by atoms with E-state index in [-0.39, 0.29) is 12.6 Å². The second kappa shape index (κ2) is 9.24. The monoisotopic (exact) mass is 475 g/mol. The molecule has 1 N–H and O–H groups in total. The first kappa shape index (κ1) is 24.0. The maximum Gasteiger partial charge on any atom is 0.412 e. The van der Waals surface area contributed by atoms with Crippen molar-refractivity contribution in [3.05, 3.63) is 70.5 Å². The van der Waals surface area contributed by atoms with Crippen molar-refractivity contribution in [3.63, 3.8) is 0 Å². The van der Waals surface area contributed by atoms with Crippen molar-refractivity contribution in [2.75, 3.05) is 0 Å². The highest BCUT2D eigenvalue weighted by Gasteiger charge is 2.59. The van der Waals surface area contributed by atoms with Crippen molar-refractivity contribution < 1.29 is 23.8 Å². The van der Waals surface area contributed by atoms with E-state index >= 15 is 0 Å². The lowest BCUT2D eigenvalue weighted by atomic mass is 9.80. The van der Waals surface area contributed by atoms with Crippen LogP contribution in [0.15, 0.2) is 48.5 Å². The second-order valence-electron chi connectivity index (χ2n) is 10.2. The van der Waals surface area contributed by atoms with Crippen LogP contribution in [-0.2, 0) is 16.1 Å². The van der Waals surface area contributed by atoms with Gasteiger partial charge in [0.1, 0.15) is 11.9 Å². The Balaban J connectivity index is 1.51. The van der Waals surface area contributed by atoms with Crippen molar-refractivity contribution in [2.24, 2.45) is 5.41 Å². The molecule has 1 amide bonds. The van der Waals surface area contributed by atoms with Gasteiger partial charge in [0.15, 0.2) is 0 Å². The van der Waals surface area contributed by atoms with Gasteiger partial charge in [-0.3, -0.25) is 4.90 Å². The van der Waals surface area contributed by atoms with Gasteiger partial charge in [0.05, 0.1) is 12.1 Å². The van der Waals surface area contributed by atoms with E-state index in [1.54, 1.807) is 29.2 Å². The van der Waals surface area contributed by atoms with Crippen LogP contribution in [0.25, 0.3) is 0 Å². The fourth-order valence-electron chi connectivity index (χ4n) is 5.05. The maximum absolute atomic E-state index is 13.8. The van der Waals surface area contributed by atoms with Crippen molar-refractivity contribution in [2.45, 2.75) is 77.0 Å². The molecule has 2 fully saturated rings. The second-order valence-corrected chi connectivity index (χ2v) is 10.6. The standard InChI is InChI=1S/C26H31ClFNO4/c1-25(2,3)23(32-16-17-7-9-19(27)10-8-17)33-24(31)29-21-11-13-26(29,14-12-21)22(30)18-5-4-6-20(28)15-18/h4-10,15,21-23,30H,11-14,16H2,1-3H3/t21?,22-,23?,26?/m0/s1. The highest BCUT2D eigenvalue weighted by atomic mass is 35.5. The molecule has 2 aromatic rings. The lowest BCUT2D eigenvalue weighted by Crippen LogP contribution is -2.51. The van der Waals surface area contributed by atoms with Gasteiger partial charge in [-0.05, 0) is 61.1 Å². The number of ether oxygens (including phenoxy) is 2. The average Bonchev–Trinajstić information content (AvgIpc) is 3.33. The molecular formula is C26H31ClFNO4. The Morgan fingerprint density at radius 2 is 1.88 bits per heavy atom. The van der Waals surface area contributed by atoms with E-state index in [9.17, 15) is 14.3 Å². The molecule has 0 radical (unpaired) electrons. The molecule has 2 heterocycles. The summed E-state index contributed by atoms with van der Waals surface area (Å²) < 4.78 is 25.8. The van der Waals surface area contributed by atoms with Crippen molar-refractivity contribution >= 4 is 17.7 Å².